The second-order valence-corrected chi connectivity index (χ2v) is 5.13. The van der Waals surface area contributed by atoms with Crippen LogP contribution in [0.25, 0.3) is 0 Å². The zero-order valence-corrected chi connectivity index (χ0v) is 9.84. The van der Waals surface area contributed by atoms with Crippen LogP contribution in [0.4, 0.5) is 0 Å². The van der Waals surface area contributed by atoms with Crippen molar-refractivity contribution in [3.8, 4) is 6.07 Å². The molecule has 1 unspecified atom stereocenters. The van der Waals surface area contributed by atoms with Gasteiger partial charge in [-0.05, 0) is 6.42 Å². The first-order chi connectivity index (χ1) is 6.85. The third-order valence-electron chi connectivity index (χ3n) is 1.81. The Balaban J connectivity index is 4.42. The Hall–Kier alpha value is -1.13. The molecule has 0 heterocycles. The summed E-state index contributed by atoms with van der Waals surface area (Å²) in [6, 6.07) is 1.67. The smallest absolute Gasteiger partial charge is 0.237 e. The van der Waals surface area contributed by atoms with Gasteiger partial charge in [0.2, 0.25) is 15.9 Å². The second-order valence-electron chi connectivity index (χ2n) is 3.18. The van der Waals surface area contributed by atoms with E-state index in [2.05, 4.69) is 4.72 Å². The van der Waals surface area contributed by atoms with E-state index >= 15 is 0 Å². The topological polar surface area (TPSA) is 90.3 Å². The number of hydrogen-bond donors (Lipinski definition) is 1. The minimum atomic E-state index is -3.71. The first-order valence-corrected chi connectivity index (χ1v) is 5.98. The molecule has 0 aliphatic heterocycles. The number of carbonyl (C=O) groups is 1. The van der Waals surface area contributed by atoms with Gasteiger partial charge in [-0.3, -0.25) is 4.79 Å². The van der Waals surface area contributed by atoms with E-state index < -0.39 is 15.3 Å². The molecule has 0 rings (SSSR count). The number of likely N-dealkylation sites (N-methyl/N-ethyl adjacent to an activating group) is 1. The average molecular weight is 233 g/mol. The van der Waals surface area contributed by atoms with Crippen molar-refractivity contribution in [3.63, 3.8) is 0 Å². The van der Waals surface area contributed by atoms with Crippen LogP contribution in [0.3, 0.4) is 0 Å². The maximum absolute atomic E-state index is 11.4. The minimum absolute atomic E-state index is 0.196. The monoisotopic (exact) mass is 233 g/mol. The lowest BCUT2D eigenvalue weighted by atomic mass is 10.4. The van der Waals surface area contributed by atoms with Gasteiger partial charge in [0.05, 0.1) is 12.6 Å². The Morgan fingerprint density at radius 1 is 1.53 bits per heavy atom. The summed E-state index contributed by atoms with van der Waals surface area (Å²) < 4.78 is 24.9. The summed E-state index contributed by atoms with van der Waals surface area (Å²) in [6.07, 6.45) is 0.196. The minimum Gasteiger partial charge on any atom is -0.348 e. The number of hydrogen-bond acceptors (Lipinski definition) is 4. The van der Waals surface area contributed by atoms with Crippen molar-refractivity contribution in [2.75, 3.05) is 20.6 Å². The predicted molar refractivity (Wildman–Crippen MR) is 55.3 cm³/mol. The summed E-state index contributed by atoms with van der Waals surface area (Å²) in [5, 5.41) is 7.47. The largest absolute Gasteiger partial charge is 0.348 e. The van der Waals surface area contributed by atoms with Crippen molar-refractivity contribution in [2.45, 2.75) is 18.6 Å². The highest BCUT2D eigenvalue weighted by Gasteiger charge is 2.23. The molecular weight excluding hydrogens is 218 g/mol. The Labute approximate surface area is 89.9 Å². The van der Waals surface area contributed by atoms with Crippen molar-refractivity contribution in [1.82, 2.24) is 9.62 Å². The van der Waals surface area contributed by atoms with Gasteiger partial charge in [-0.2, -0.15) is 5.26 Å². The SMILES string of the molecule is CCC(C#N)S(=O)(=O)NCC(=O)N(C)C. The molecular formula is C8H15N3O3S. The molecule has 0 saturated carbocycles. The van der Waals surface area contributed by atoms with Gasteiger partial charge in [0, 0.05) is 14.1 Å². The van der Waals surface area contributed by atoms with Crippen LogP contribution in [0.15, 0.2) is 0 Å². The Morgan fingerprint density at radius 3 is 2.40 bits per heavy atom. The third-order valence-corrected chi connectivity index (χ3v) is 3.55. The lowest BCUT2D eigenvalue weighted by Crippen LogP contribution is -2.40. The standard InChI is InChI=1S/C8H15N3O3S/c1-4-7(5-9)15(13,14)10-6-8(12)11(2)3/h7,10H,4,6H2,1-3H3. The van der Waals surface area contributed by atoms with Crippen LogP contribution in [0, 0.1) is 11.3 Å². The second kappa shape index (κ2) is 5.68. The third kappa shape index (κ3) is 4.27. The Bertz CT molecular complexity index is 356. The van der Waals surface area contributed by atoms with E-state index in [9.17, 15) is 13.2 Å². The number of nitrogens with zero attached hydrogens (tertiary/aromatic N) is 2. The number of nitriles is 1. The van der Waals surface area contributed by atoms with E-state index in [4.69, 9.17) is 5.26 Å². The predicted octanol–water partition coefficient (Wildman–Crippen LogP) is -0.704. The van der Waals surface area contributed by atoms with Gasteiger partial charge in [0.25, 0.3) is 0 Å². The first kappa shape index (κ1) is 13.9. The van der Waals surface area contributed by atoms with Crippen molar-refractivity contribution < 1.29 is 13.2 Å². The molecule has 1 N–H and O–H groups in total. The molecule has 0 saturated heterocycles. The summed E-state index contributed by atoms with van der Waals surface area (Å²) in [5.74, 6) is -0.355. The van der Waals surface area contributed by atoms with Crippen LogP contribution in [0.1, 0.15) is 13.3 Å². The molecule has 0 aromatic rings. The van der Waals surface area contributed by atoms with E-state index in [1.54, 1.807) is 13.0 Å². The molecule has 1 amide bonds. The van der Waals surface area contributed by atoms with Crippen LogP contribution in [0.2, 0.25) is 0 Å². The van der Waals surface area contributed by atoms with Gasteiger partial charge in [-0.1, -0.05) is 6.92 Å². The summed E-state index contributed by atoms with van der Waals surface area (Å²) in [5.41, 5.74) is 0. The van der Waals surface area contributed by atoms with Crippen LogP contribution in [0.5, 0.6) is 0 Å². The molecule has 0 bridgehead atoms. The summed E-state index contributed by atoms with van der Waals surface area (Å²) in [6.45, 7) is 1.29. The molecule has 6 nitrogen and oxygen atoms in total. The molecule has 0 aliphatic carbocycles. The van der Waals surface area contributed by atoms with Gasteiger partial charge < -0.3 is 4.90 Å². The summed E-state index contributed by atoms with van der Waals surface area (Å²) in [4.78, 5) is 12.4. The van der Waals surface area contributed by atoms with Gasteiger partial charge in [0.15, 0.2) is 5.25 Å². The van der Waals surface area contributed by atoms with Gasteiger partial charge in [0.1, 0.15) is 0 Å². The maximum Gasteiger partial charge on any atom is 0.237 e. The van der Waals surface area contributed by atoms with E-state index in [1.807, 2.05) is 0 Å². The molecule has 0 aliphatic rings. The number of amides is 1. The van der Waals surface area contributed by atoms with Crippen molar-refractivity contribution in [3.05, 3.63) is 0 Å². The molecule has 0 radical (unpaired) electrons. The highest BCUT2D eigenvalue weighted by molar-refractivity contribution is 7.90. The molecule has 0 aromatic heterocycles. The van der Waals surface area contributed by atoms with Crippen molar-refractivity contribution in [2.24, 2.45) is 0 Å². The van der Waals surface area contributed by atoms with Crippen molar-refractivity contribution >= 4 is 15.9 Å². The Morgan fingerprint density at radius 2 is 2.07 bits per heavy atom. The molecule has 1 atom stereocenters. The van der Waals surface area contributed by atoms with Crippen LogP contribution in [-0.4, -0.2) is 45.1 Å². The maximum atomic E-state index is 11.4. The van der Waals surface area contributed by atoms with Crippen LogP contribution in [-0.2, 0) is 14.8 Å². The summed E-state index contributed by atoms with van der Waals surface area (Å²) >= 11 is 0. The lowest BCUT2D eigenvalue weighted by molar-refractivity contribution is -0.127. The summed E-state index contributed by atoms with van der Waals surface area (Å²) in [7, 11) is -0.658. The first-order valence-electron chi connectivity index (χ1n) is 4.43. The van der Waals surface area contributed by atoms with Gasteiger partial charge in [-0.15, -0.1) is 0 Å². The van der Waals surface area contributed by atoms with Crippen LogP contribution < -0.4 is 4.72 Å². The fraction of sp³-hybridized carbons (Fsp3) is 0.750. The van der Waals surface area contributed by atoms with Crippen LogP contribution >= 0.6 is 0 Å². The normalized spacial score (nSPS) is 12.9. The zero-order valence-electron chi connectivity index (χ0n) is 9.02. The Kier molecular flexibility index (Phi) is 5.25. The molecule has 15 heavy (non-hydrogen) atoms. The van der Waals surface area contributed by atoms with Gasteiger partial charge >= 0.3 is 0 Å². The zero-order chi connectivity index (χ0) is 12.1. The number of carbonyl (C=O) groups excluding carboxylic acids is 1. The van der Waals surface area contributed by atoms with E-state index in [0.29, 0.717) is 0 Å². The van der Waals surface area contributed by atoms with Crippen molar-refractivity contribution in [1.29, 1.82) is 5.26 Å². The number of nitrogens with one attached hydrogen (secondary N) is 1. The fourth-order valence-corrected chi connectivity index (χ4v) is 1.90. The molecule has 0 fully saturated rings. The molecule has 86 valence electrons. The van der Waals surface area contributed by atoms with E-state index in [0.717, 1.165) is 0 Å². The average Bonchev–Trinajstić information content (AvgIpc) is 2.15. The highest BCUT2D eigenvalue weighted by Crippen LogP contribution is 2.01. The number of rotatable bonds is 5. The fourth-order valence-electron chi connectivity index (χ4n) is 0.801. The highest BCUT2D eigenvalue weighted by atomic mass is 32.2. The quantitative estimate of drug-likeness (QED) is 0.679. The lowest BCUT2D eigenvalue weighted by Gasteiger charge is -2.12. The van der Waals surface area contributed by atoms with E-state index in [1.165, 1.54) is 19.0 Å². The molecule has 0 spiro atoms. The molecule has 0 aromatic carbocycles. The van der Waals surface area contributed by atoms with E-state index in [-0.39, 0.29) is 18.9 Å². The number of sulfonamides is 1. The van der Waals surface area contributed by atoms with Gasteiger partial charge in [-0.25, -0.2) is 13.1 Å². The molecule has 7 heteroatoms.